The van der Waals surface area contributed by atoms with Gasteiger partial charge in [-0.1, -0.05) is 37.6 Å². The van der Waals surface area contributed by atoms with Crippen LogP contribution in [0.4, 0.5) is 0 Å². The largest absolute Gasteiger partial charge is 0.496 e. The molecular weight excluding hydrogens is 364 g/mol. The first-order valence-electron chi connectivity index (χ1n) is 8.86. The van der Waals surface area contributed by atoms with E-state index < -0.39 is 10.0 Å². The summed E-state index contributed by atoms with van der Waals surface area (Å²) in [6, 6.07) is 13.5. The minimum absolute atomic E-state index is 0.117. The summed E-state index contributed by atoms with van der Waals surface area (Å²) in [7, 11) is -0.483. The molecule has 0 aliphatic carbocycles. The number of benzene rings is 2. The molecule has 0 heterocycles. The summed E-state index contributed by atoms with van der Waals surface area (Å²) < 4.78 is 31.9. The number of unbranched alkanes of at least 4 members (excludes halogenated alkanes) is 1. The van der Waals surface area contributed by atoms with Gasteiger partial charge in [0.2, 0.25) is 10.0 Å². The Morgan fingerprint density at radius 3 is 2.59 bits per heavy atom. The second-order valence-electron chi connectivity index (χ2n) is 6.20. The molecule has 7 heteroatoms. The van der Waals surface area contributed by atoms with E-state index in [4.69, 9.17) is 4.74 Å². The van der Waals surface area contributed by atoms with Gasteiger partial charge in [0.05, 0.1) is 12.0 Å². The van der Waals surface area contributed by atoms with Crippen molar-refractivity contribution in [2.24, 2.45) is 0 Å². The molecule has 0 bridgehead atoms. The zero-order valence-corrected chi connectivity index (χ0v) is 16.8. The number of amides is 1. The number of rotatable bonds is 9. The topological polar surface area (TPSA) is 75.7 Å². The number of sulfonamides is 1. The molecule has 2 aromatic carbocycles. The SMILES string of the molecule is CCCCN(C)S(=O)(=O)c1cccc(C(=O)NCc2ccccc2OC)c1. The van der Waals surface area contributed by atoms with Gasteiger partial charge < -0.3 is 10.1 Å². The van der Waals surface area contributed by atoms with Gasteiger partial charge >= 0.3 is 0 Å². The molecule has 2 aromatic rings. The first-order chi connectivity index (χ1) is 12.9. The predicted octanol–water partition coefficient (Wildman–Crippen LogP) is 3.05. The lowest BCUT2D eigenvalue weighted by Crippen LogP contribution is -2.28. The van der Waals surface area contributed by atoms with Crippen LogP contribution in [0.5, 0.6) is 5.75 Å². The minimum atomic E-state index is -3.61. The molecule has 0 fully saturated rings. The molecule has 0 radical (unpaired) electrons. The van der Waals surface area contributed by atoms with Crippen LogP contribution < -0.4 is 10.1 Å². The van der Waals surface area contributed by atoms with Crippen LogP contribution in [-0.4, -0.2) is 39.3 Å². The number of ether oxygens (including phenoxy) is 1. The molecule has 6 nitrogen and oxygen atoms in total. The van der Waals surface area contributed by atoms with Gasteiger partial charge in [-0.15, -0.1) is 0 Å². The summed E-state index contributed by atoms with van der Waals surface area (Å²) in [5, 5.41) is 2.80. The van der Waals surface area contributed by atoms with E-state index in [0.29, 0.717) is 17.9 Å². The third kappa shape index (κ3) is 5.30. The van der Waals surface area contributed by atoms with Gasteiger partial charge in [0, 0.05) is 31.3 Å². The van der Waals surface area contributed by atoms with Gasteiger partial charge in [0.15, 0.2) is 0 Å². The number of carbonyl (C=O) groups is 1. The van der Waals surface area contributed by atoms with Crippen LogP contribution in [0.2, 0.25) is 0 Å². The number of nitrogens with zero attached hydrogens (tertiary/aromatic N) is 1. The number of nitrogens with one attached hydrogen (secondary N) is 1. The average Bonchev–Trinajstić information content (AvgIpc) is 2.70. The first-order valence-corrected chi connectivity index (χ1v) is 10.3. The molecule has 146 valence electrons. The van der Waals surface area contributed by atoms with Crippen molar-refractivity contribution in [2.45, 2.75) is 31.2 Å². The monoisotopic (exact) mass is 390 g/mol. The fourth-order valence-electron chi connectivity index (χ4n) is 2.61. The maximum absolute atomic E-state index is 12.7. The van der Waals surface area contributed by atoms with E-state index in [1.54, 1.807) is 26.3 Å². The Bertz CT molecular complexity index is 881. The predicted molar refractivity (Wildman–Crippen MR) is 105 cm³/mol. The van der Waals surface area contributed by atoms with Gasteiger partial charge in [-0.05, 0) is 30.7 Å². The van der Waals surface area contributed by atoms with Crippen LogP contribution >= 0.6 is 0 Å². The maximum Gasteiger partial charge on any atom is 0.251 e. The lowest BCUT2D eigenvalue weighted by Gasteiger charge is -2.17. The van der Waals surface area contributed by atoms with Crippen molar-refractivity contribution < 1.29 is 17.9 Å². The molecule has 1 amide bonds. The van der Waals surface area contributed by atoms with Crippen LogP contribution in [0.15, 0.2) is 53.4 Å². The summed E-state index contributed by atoms with van der Waals surface area (Å²) in [5.74, 6) is 0.348. The number of carbonyl (C=O) groups excluding carboxylic acids is 1. The molecule has 0 unspecified atom stereocenters. The minimum Gasteiger partial charge on any atom is -0.496 e. The summed E-state index contributed by atoms with van der Waals surface area (Å²) in [6.45, 7) is 2.74. The zero-order chi connectivity index (χ0) is 19.9. The van der Waals surface area contributed by atoms with Crippen LogP contribution in [-0.2, 0) is 16.6 Å². The van der Waals surface area contributed by atoms with Crippen molar-refractivity contribution >= 4 is 15.9 Å². The Morgan fingerprint density at radius 2 is 1.89 bits per heavy atom. The molecular formula is C20H26N2O4S. The van der Waals surface area contributed by atoms with E-state index in [1.807, 2.05) is 31.2 Å². The fourth-order valence-corrected chi connectivity index (χ4v) is 3.86. The first kappa shape index (κ1) is 20.9. The summed E-state index contributed by atoms with van der Waals surface area (Å²) in [4.78, 5) is 12.6. The van der Waals surface area contributed by atoms with Crippen molar-refractivity contribution in [2.75, 3.05) is 20.7 Å². The van der Waals surface area contributed by atoms with Crippen LogP contribution in [0, 0.1) is 0 Å². The summed E-state index contributed by atoms with van der Waals surface area (Å²) >= 11 is 0. The van der Waals surface area contributed by atoms with Crippen molar-refractivity contribution in [3.8, 4) is 5.75 Å². The Balaban J connectivity index is 2.13. The fraction of sp³-hybridized carbons (Fsp3) is 0.350. The summed E-state index contributed by atoms with van der Waals surface area (Å²) in [5.41, 5.74) is 1.14. The number of hydrogen-bond donors (Lipinski definition) is 1. The lowest BCUT2D eigenvalue weighted by atomic mass is 10.2. The molecule has 0 aliphatic rings. The van der Waals surface area contributed by atoms with Gasteiger partial charge in [0.25, 0.3) is 5.91 Å². The molecule has 2 rings (SSSR count). The van der Waals surface area contributed by atoms with E-state index in [0.717, 1.165) is 18.4 Å². The van der Waals surface area contributed by atoms with Crippen LogP contribution in [0.1, 0.15) is 35.7 Å². The molecule has 0 spiro atoms. The highest BCUT2D eigenvalue weighted by Gasteiger charge is 2.21. The smallest absolute Gasteiger partial charge is 0.251 e. The van der Waals surface area contributed by atoms with E-state index >= 15 is 0 Å². The Morgan fingerprint density at radius 1 is 1.15 bits per heavy atom. The molecule has 0 saturated heterocycles. The van der Waals surface area contributed by atoms with Gasteiger partial charge in [0.1, 0.15) is 5.75 Å². The van der Waals surface area contributed by atoms with E-state index in [2.05, 4.69) is 5.32 Å². The summed E-state index contributed by atoms with van der Waals surface area (Å²) in [6.07, 6.45) is 1.69. The highest BCUT2D eigenvalue weighted by atomic mass is 32.2. The Labute approximate surface area is 161 Å². The molecule has 0 aromatic heterocycles. The molecule has 0 atom stereocenters. The molecule has 0 aliphatic heterocycles. The van der Waals surface area contributed by atoms with Gasteiger partial charge in [-0.3, -0.25) is 4.79 Å². The number of hydrogen-bond acceptors (Lipinski definition) is 4. The van der Waals surface area contributed by atoms with Crippen LogP contribution in [0.3, 0.4) is 0 Å². The second-order valence-corrected chi connectivity index (χ2v) is 8.25. The van der Waals surface area contributed by atoms with Crippen molar-refractivity contribution in [3.63, 3.8) is 0 Å². The zero-order valence-electron chi connectivity index (χ0n) is 15.9. The Hall–Kier alpha value is -2.38. The standard InChI is InChI=1S/C20H26N2O4S/c1-4-5-13-22(2)27(24,25)18-11-8-10-16(14-18)20(23)21-15-17-9-6-7-12-19(17)26-3/h6-12,14H,4-5,13,15H2,1-3H3,(H,21,23). The lowest BCUT2D eigenvalue weighted by molar-refractivity contribution is 0.0950. The second kappa shape index (κ2) is 9.53. The van der Waals surface area contributed by atoms with E-state index in [-0.39, 0.29) is 17.3 Å². The Kier molecular flexibility index (Phi) is 7.38. The van der Waals surface area contributed by atoms with Gasteiger partial charge in [-0.25, -0.2) is 12.7 Å². The highest BCUT2D eigenvalue weighted by molar-refractivity contribution is 7.89. The third-order valence-corrected chi connectivity index (χ3v) is 6.12. The van der Waals surface area contributed by atoms with Crippen molar-refractivity contribution in [1.29, 1.82) is 0 Å². The maximum atomic E-state index is 12.7. The van der Waals surface area contributed by atoms with Crippen molar-refractivity contribution in [1.82, 2.24) is 9.62 Å². The number of methoxy groups -OCH3 is 1. The average molecular weight is 391 g/mol. The van der Waals surface area contributed by atoms with Crippen LogP contribution in [0.25, 0.3) is 0 Å². The molecule has 1 N–H and O–H groups in total. The third-order valence-electron chi connectivity index (χ3n) is 4.26. The van der Waals surface area contributed by atoms with Crippen molar-refractivity contribution in [3.05, 3.63) is 59.7 Å². The normalized spacial score (nSPS) is 11.4. The van der Waals surface area contributed by atoms with E-state index in [1.165, 1.54) is 16.4 Å². The number of para-hydroxylation sites is 1. The highest BCUT2D eigenvalue weighted by Crippen LogP contribution is 2.18. The molecule has 0 saturated carbocycles. The van der Waals surface area contributed by atoms with E-state index in [9.17, 15) is 13.2 Å². The molecule has 27 heavy (non-hydrogen) atoms. The quantitative estimate of drug-likeness (QED) is 0.714. The van der Waals surface area contributed by atoms with Gasteiger partial charge in [-0.2, -0.15) is 0 Å².